The number of nitrogens with one attached hydrogen (secondary N) is 2. The zero-order chi connectivity index (χ0) is 19.2. The fourth-order valence-corrected chi connectivity index (χ4v) is 2.82. The van der Waals surface area contributed by atoms with Crippen LogP contribution in [0.15, 0.2) is 47.6 Å². The zero-order valence-corrected chi connectivity index (χ0v) is 16.4. The van der Waals surface area contributed by atoms with Crippen molar-refractivity contribution < 1.29 is 14.2 Å². The molecule has 27 heavy (non-hydrogen) atoms. The molecule has 7 nitrogen and oxygen atoms in total. The standard InChI is InChI=1S/C18H18N4O3S2/c1-23-14-8-13(10-19-22-17(26)20-21-18(22)27)9-15(24-2)16(14)25-11-12-6-4-3-5-7-12/h3-10H,11H2,1-2H3,(H,20,26)(H,21,27)/b19-10-. The summed E-state index contributed by atoms with van der Waals surface area (Å²) in [5, 5.41) is 9.73. The Morgan fingerprint density at radius 1 is 1.00 bits per heavy atom. The Morgan fingerprint density at radius 3 is 2.15 bits per heavy atom. The van der Waals surface area contributed by atoms with Crippen molar-refractivity contribution in [2.45, 2.75) is 6.61 Å². The predicted octanol–water partition coefficient (Wildman–Crippen LogP) is 4.08. The van der Waals surface area contributed by atoms with Crippen molar-refractivity contribution in [1.82, 2.24) is 14.9 Å². The van der Waals surface area contributed by atoms with E-state index in [2.05, 4.69) is 15.3 Å². The second-order valence-electron chi connectivity index (χ2n) is 5.45. The molecule has 0 saturated carbocycles. The molecule has 0 atom stereocenters. The molecule has 0 spiro atoms. The number of methoxy groups -OCH3 is 2. The molecule has 0 amide bonds. The SMILES string of the molecule is COc1cc(/C=N\n2c(=S)[nH][nH]c2=S)cc(OC)c1OCc1ccccc1. The number of H-pyrrole nitrogens is 2. The van der Waals surface area contributed by atoms with Crippen LogP contribution in [0.2, 0.25) is 0 Å². The molecule has 1 aromatic heterocycles. The molecule has 1 heterocycles. The summed E-state index contributed by atoms with van der Waals surface area (Å²) in [7, 11) is 3.15. The van der Waals surface area contributed by atoms with Gasteiger partial charge >= 0.3 is 0 Å². The molecule has 3 aromatic rings. The number of ether oxygens (including phenoxy) is 3. The van der Waals surface area contributed by atoms with Gasteiger partial charge in [-0.3, -0.25) is 10.2 Å². The fourth-order valence-electron chi connectivity index (χ4n) is 2.38. The van der Waals surface area contributed by atoms with Gasteiger partial charge in [0.1, 0.15) is 6.61 Å². The molecule has 0 aliphatic carbocycles. The maximum absolute atomic E-state index is 5.94. The van der Waals surface area contributed by atoms with E-state index in [0.29, 0.717) is 33.4 Å². The lowest BCUT2D eigenvalue weighted by molar-refractivity contribution is 0.266. The van der Waals surface area contributed by atoms with Gasteiger partial charge < -0.3 is 14.2 Å². The van der Waals surface area contributed by atoms with E-state index in [4.69, 9.17) is 38.6 Å². The lowest BCUT2D eigenvalue weighted by Crippen LogP contribution is -2.01. The Bertz CT molecular complexity index is 1000. The van der Waals surface area contributed by atoms with E-state index in [1.54, 1.807) is 32.6 Å². The first-order valence-electron chi connectivity index (χ1n) is 7.99. The van der Waals surface area contributed by atoms with Crippen LogP contribution in [-0.2, 0) is 6.61 Å². The van der Waals surface area contributed by atoms with Crippen molar-refractivity contribution >= 4 is 30.7 Å². The first kappa shape index (κ1) is 18.9. The highest BCUT2D eigenvalue weighted by Crippen LogP contribution is 2.38. The summed E-state index contributed by atoms with van der Waals surface area (Å²) < 4.78 is 19.0. The van der Waals surface area contributed by atoms with Crippen LogP contribution in [0, 0.1) is 9.54 Å². The molecule has 0 saturated heterocycles. The molecule has 0 aliphatic heterocycles. The van der Waals surface area contributed by atoms with Crippen LogP contribution in [0.1, 0.15) is 11.1 Å². The Morgan fingerprint density at radius 2 is 1.59 bits per heavy atom. The third-order valence-electron chi connectivity index (χ3n) is 3.69. The minimum Gasteiger partial charge on any atom is -0.493 e. The largest absolute Gasteiger partial charge is 0.493 e. The zero-order valence-electron chi connectivity index (χ0n) is 14.8. The number of nitrogens with zero attached hydrogens (tertiary/aromatic N) is 2. The highest BCUT2D eigenvalue weighted by Gasteiger charge is 2.14. The van der Waals surface area contributed by atoms with Crippen molar-refractivity contribution in [2.75, 3.05) is 14.2 Å². The Hall–Kier alpha value is -2.91. The summed E-state index contributed by atoms with van der Waals surface area (Å²) in [4.78, 5) is 0. The smallest absolute Gasteiger partial charge is 0.215 e. The average Bonchev–Trinajstić information content (AvgIpc) is 3.02. The first-order valence-corrected chi connectivity index (χ1v) is 8.81. The van der Waals surface area contributed by atoms with E-state index >= 15 is 0 Å². The van der Waals surface area contributed by atoms with Gasteiger partial charge in [-0.1, -0.05) is 30.3 Å². The summed E-state index contributed by atoms with van der Waals surface area (Å²) in [5.74, 6) is 1.60. The summed E-state index contributed by atoms with van der Waals surface area (Å²) in [5.41, 5.74) is 1.79. The summed E-state index contributed by atoms with van der Waals surface area (Å²) in [6, 6.07) is 13.5. The highest BCUT2D eigenvalue weighted by molar-refractivity contribution is 7.72. The van der Waals surface area contributed by atoms with E-state index in [0.717, 1.165) is 11.1 Å². The fraction of sp³-hybridized carbons (Fsp3) is 0.167. The first-order chi connectivity index (χ1) is 13.1. The predicted molar refractivity (Wildman–Crippen MR) is 108 cm³/mol. The Balaban J connectivity index is 1.90. The van der Waals surface area contributed by atoms with Crippen molar-refractivity contribution in [3.63, 3.8) is 0 Å². The quantitative estimate of drug-likeness (QED) is 0.460. The van der Waals surface area contributed by atoms with Crippen LogP contribution in [0.25, 0.3) is 0 Å². The normalized spacial score (nSPS) is 10.9. The van der Waals surface area contributed by atoms with E-state index in [-0.39, 0.29) is 0 Å². The van der Waals surface area contributed by atoms with Crippen LogP contribution in [0.3, 0.4) is 0 Å². The van der Waals surface area contributed by atoms with Crippen LogP contribution in [0.4, 0.5) is 0 Å². The highest BCUT2D eigenvalue weighted by atomic mass is 32.1. The maximum atomic E-state index is 5.94. The number of benzene rings is 2. The maximum Gasteiger partial charge on any atom is 0.215 e. The topological polar surface area (TPSA) is 76.6 Å². The molecule has 3 rings (SSSR count). The van der Waals surface area contributed by atoms with Gasteiger partial charge in [0.2, 0.25) is 15.3 Å². The van der Waals surface area contributed by atoms with E-state index in [1.807, 2.05) is 30.3 Å². The molecule has 2 N–H and O–H groups in total. The van der Waals surface area contributed by atoms with Crippen LogP contribution < -0.4 is 14.2 Å². The van der Waals surface area contributed by atoms with Gasteiger partial charge in [-0.15, -0.1) is 0 Å². The Labute approximate surface area is 166 Å². The van der Waals surface area contributed by atoms with E-state index in [9.17, 15) is 0 Å². The van der Waals surface area contributed by atoms with Gasteiger partial charge in [0.05, 0.1) is 20.4 Å². The number of rotatable bonds is 7. The molecule has 0 aliphatic rings. The van der Waals surface area contributed by atoms with Gasteiger partial charge in [-0.2, -0.15) is 9.78 Å². The molecule has 0 unspecified atom stereocenters. The monoisotopic (exact) mass is 402 g/mol. The third-order valence-corrected chi connectivity index (χ3v) is 4.24. The van der Waals surface area contributed by atoms with Gasteiger partial charge in [0, 0.05) is 5.56 Å². The van der Waals surface area contributed by atoms with E-state index < -0.39 is 0 Å². The third kappa shape index (κ3) is 4.44. The van der Waals surface area contributed by atoms with Crippen LogP contribution in [-0.4, -0.2) is 35.3 Å². The molecule has 0 bridgehead atoms. The minimum atomic E-state index is 0.373. The summed E-state index contributed by atoms with van der Waals surface area (Å²) in [6.07, 6.45) is 1.61. The molecule has 9 heteroatoms. The number of aromatic nitrogens is 3. The molecular formula is C18H18N4O3S2. The molecule has 0 radical (unpaired) electrons. The molecule has 2 aromatic carbocycles. The lowest BCUT2D eigenvalue weighted by Gasteiger charge is -2.15. The number of aromatic amines is 2. The number of hydrogen-bond donors (Lipinski definition) is 2. The lowest BCUT2D eigenvalue weighted by atomic mass is 10.2. The van der Waals surface area contributed by atoms with Crippen LogP contribution in [0.5, 0.6) is 17.2 Å². The van der Waals surface area contributed by atoms with Gasteiger partial charge in [0.15, 0.2) is 11.5 Å². The average molecular weight is 403 g/mol. The molecule has 0 fully saturated rings. The van der Waals surface area contributed by atoms with Crippen molar-refractivity contribution in [3.05, 3.63) is 63.1 Å². The molecular weight excluding hydrogens is 384 g/mol. The minimum absolute atomic E-state index is 0.373. The van der Waals surface area contributed by atoms with Gasteiger partial charge in [-0.05, 0) is 42.1 Å². The van der Waals surface area contributed by atoms with Crippen molar-refractivity contribution in [3.8, 4) is 17.2 Å². The van der Waals surface area contributed by atoms with Crippen molar-refractivity contribution in [1.29, 1.82) is 0 Å². The summed E-state index contributed by atoms with van der Waals surface area (Å²) >= 11 is 10.2. The second-order valence-corrected chi connectivity index (χ2v) is 6.22. The molecule has 140 valence electrons. The van der Waals surface area contributed by atoms with Crippen LogP contribution >= 0.6 is 24.4 Å². The second kappa shape index (κ2) is 8.65. The van der Waals surface area contributed by atoms with E-state index in [1.165, 1.54) is 4.68 Å². The van der Waals surface area contributed by atoms with Gasteiger partial charge in [0.25, 0.3) is 0 Å². The number of hydrogen-bond acceptors (Lipinski definition) is 6. The van der Waals surface area contributed by atoms with Crippen molar-refractivity contribution in [2.24, 2.45) is 5.10 Å². The van der Waals surface area contributed by atoms with Gasteiger partial charge in [-0.25, -0.2) is 0 Å². The Kier molecular flexibility index (Phi) is 6.05. The summed E-state index contributed by atoms with van der Waals surface area (Å²) in [6.45, 7) is 0.397.